The molecule has 0 saturated heterocycles. The van der Waals surface area contributed by atoms with E-state index in [0.29, 0.717) is 6.54 Å². The number of aryl methyl sites for hydroxylation is 2. The molecule has 108 valence electrons. The minimum Gasteiger partial charge on any atom is -0.338 e. The van der Waals surface area contributed by atoms with Gasteiger partial charge in [-0.2, -0.15) is 10.2 Å². The molecule has 0 bridgehead atoms. The lowest BCUT2D eigenvalue weighted by atomic mass is 10.3. The van der Waals surface area contributed by atoms with Crippen LogP contribution in [0.15, 0.2) is 22.9 Å². The highest BCUT2D eigenvalue weighted by Gasteiger charge is 2.15. The second kappa shape index (κ2) is 6.21. The molecule has 0 N–H and O–H groups in total. The molecule has 2 aromatic rings. The van der Waals surface area contributed by atoms with Crippen LogP contribution in [-0.2, 0) is 24.4 Å². The number of carbonyl (C=O) groups is 1. The number of carbonyl (C=O) groups excluding carboxylic acids is 1. The molecule has 0 atom stereocenters. The summed E-state index contributed by atoms with van der Waals surface area (Å²) in [6.07, 6.45) is 3.57. The number of rotatable bonds is 5. The summed E-state index contributed by atoms with van der Waals surface area (Å²) in [4.78, 5) is 13.9. The van der Waals surface area contributed by atoms with Crippen LogP contribution in [0.3, 0.4) is 0 Å². The summed E-state index contributed by atoms with van der Waals surface area (Å²) in [5.41, 5.74) is 1.91. The lowest BCUT2D eigenvalue weighted by molar-refractivity contribution is -0.131. The highest BCUT2D eigenvalue weighted by molar-refractivity contribution is 9.10. The molecule has 0 aliphatic rings. The Morgan fingerprint density at radius 2 is 2.25 bits per heavy atom. The zero-order valence-electron chi connectivity index (χ0n) is 11.9. The van der Waals surface area contributed by atoms with E-state index in [2.05, 4.69) is 26.1 Å². The van der Waals surface area contributed by atoms with Gasteiger partial charge in [0.2, 0.25) is 5.91 Å². The fourth-order valence-electron chi connectivity index (χ4n) is 1.94. The van der Waals surface area contributed by atoms with Gasteiger partial charge in [0.15, 0.2) is 0 Å². The Morgan fingerprint density at radius 3 is 2.85 bits per heavy atom. The summed E-state index contributed by atoms with van der Waals surface area (Å²) in [6.45, 7) is 5.48. The van der Waals surface area contributed by atoms with Gasteiger partial charge in [-0.15, -0.1) is 0 Å². The van der Waals surface area contributed by atoms with Gasteiger partial charge in [-0.1, -0.05) is 0 Å². The lowest BCUT2D eigenvalue weighted by Crippen LogP contribution is -2.31. The molecule has 2 aromatic heterocycles. The van der Waals surface area contributed by atoms with E-state index in [-0.39, 0.29) is 12.5 Å². The molecule has 0 aliphatic heterocycles. The van der Waals surface area contributed by atoms with Gasteiger partial charge in [-0.25, -0.2) is 0 Å². The second-order valence-corrected chi connectivity index (χ2v) is 5.51. The van der Waals surface area contributed by atoms with E-state index in [1.807, 2.05) is 30.8 Å². The van der Waals surface area contributed by atoms with Crippen LogP contribution in [0.25, 0.3) is 0 Å². The largest absolute Gasteiger partial charge is 0.338 e. The average molecular weight is 340 g/mol. The van der Waals surface area contributed by atoms with Crippen LogP contribution in [0.4, 0.5) is 0 Å². The maximum absolute atomic E-state index is 12.2. The first-order chi connectivity index (χ1) is 9.51. The number of halogens is 1. The first-order valence-electron chi connectivity index (χ1n) is 6.45. The summed E-state index contributed by atoms with van der Waals surface area (Å²) < 4.78 is 4.46. The predicted octanol–water partition coefficient (Wildman–Crippen LogP) is 1.83. The molecule has 20 heavy (non-hydrogen) atoms. The number of nitrogens with zero attached hydrogens (tertiary/aromatic N) is 5. The zero-order valence-corrected chi connectivity index (χ0v) is 13.5. The van der Waals surface area contributed by atoms with Crippen molar-refractivity contribution < 1.29 is 4.79 Å². The Balaban J connectivity index is 2.02. The minimum absolute atomic E-state index is 0.0175. The van der Waals surface area contributed by atoms with E-state index in [1.165, 1.54) is 0 Å². The van der Waals surface area contributed by atoms with Crippen molar-refractivity contribution in [3.8, 4) is 0 Å². The van der Waals surface area contributed by atoms with Gasteiger partial charge in [-0.3, -0.25) is 14.2 Å². The normalized spacial score (nSPS) is 10.8. The average Bonchev–Trinajstić information content (AvgIpc) is 2.97. The van der Waals surface area contributed by atoms with Crippen LogP contribution < -0.4 is 0 Å². The van der Waals surface area contributed by atoms with Crippen LogP contribution in [0.1, 0.15) is 18.3 Å². The molecule has 0 aliphatic carbocycles. The zero-order chi connectivity index (χ0) is 14.7. The van der Waals surface area contributed by atoms with Crippen molar-refractivity contribution in [1.82, 2.24) is 24.5 Å². The fraction of sp³-hybridized carbons (Fsp3) is 0.462. The summed E-state index contributed by atoms with van der Waals surface area (Å²) in [5, 5.41) is 8.47. The quantitative estimate of drug-likeness (QED) is 0.834. The molecular formula is C13H18BrN5O. The van der Waals surface area contributed by atoms with Crippen molar-refractivity contribution in [3.63, 3.8) is 0 Å². The monoisotopic (exact) mass is 339 g/mol. The van der Waals surface area contributed by atoms with Gasteiger partial charge >= 0.3 is 0 Å². The van der Waals surface area contributed by atoms with Gasteiger partial charge in [0, 0.05) is 19.8 Å². The van der Waals surface area contributed by atoms with E-state index in [9.17, 15) is 4.79 Å². The highest BCUT2D eigenvalue weighted by atomic mass is 79.9. The van der Waals surface area contributed by atoms with Crippen molar-refractivity contribution >= 4 is 21.8 Å². The third kappa shape index (κ3) is 3.27. The van der Waals surface area contributed by atoms with Crippen molar-refractivity contribution in [2.75, 3.05) is 7.05 Å². The Morgan fingerprint density at radius 1 is 1.50 bits per heavy atom. The van der Waals surface area contributed by atoms with Crippen molar-refractivity contribution in [2.45, 2.75) is 33.5 Å². The third-order valence-corrected chi connectivity index (χ3v) is 3.74. The molecular weight excluding hydrogens is 322 g/mol. The Kier molecular flexibility index (Phi) is 4.59. The molecule has 0 radical (unpaired) electrons. The molecule has 0 saturated carbocycles. The minimum atomic E-state index is 0.0175. The molecule has 1 amide bonds. The Hall–Kier alpha value is -1.63. The molecule has 0 aromatic carbocycles. The molecule has 0 unspecified atom stereocenters. The smallest absolute Gasteiger partial charge is 0.244 e. The van der Waals surface area contributed by atoms with Crippen LogP contribution in [0, 0.1) is 6.92 Å². The lowest BCUT2D eigenvalue weighted by Gasteiger charge is -2.18. The molecule has 2 heterocycles. The second-order valence-electron chi connectivity index (χ2n) is 4.66. The van der Waals surface area contributed by atoms with Crippen molar-refractivity contribution in [2.24, 2.45) is 0 Å². The number of amides is 1. The van der Waals surface area contributed by atoms with Crippen molar-refractivity contribution in [1.29, 1.82) is 0 Å². The maximum atomic E-state index is 12.2. The maximum Gasteiger partial charge on any atom is 0.244 e. The number of likely N-dealkylation sites (N-methyl/N-ethyl adjacent to an activating group) is 1. The Labute approximate surface area is 126 Å². The summed E-state index contributed by atoms with van der Waals surface area (Å²) in [6, 6.07) is 1.88. The van der Waals surface area contributed by atoms with Gasteiger partial charge in [-0.05, 0) is 35.8 Å². The third-order valence-electron chi connectivity index (χ3n) is 3.08. The molecule has 0 spiro atoms. The van der Waals surface area contributed by atoms with E-state index >= 15 is 0 Å². The van der Waals surface area contributed by atoms with Gasteiger partial charge in [0.1, 0.15) is 6.54 Å². The first kappa shape index (κ1) is 14.8. The van der Waals surface area contributed by atoms with Crippen LogP contribution >= 0.6 is 15.9 Å². The van der Waals surface area contributed by atoms with Crippen LogP contribution in [-0.4, -0.2) is 37.4 Å². The van der Waals surface area contributed by atoms with E-state index in [4.69, 9.17) is 0 Å². The Bertz CT molecular complexity index is 604. The first-order valence-corrected chi connectivity index (χ1v) is 7.24. The summed E-state index contributed by atoms with van der Waals surface area (Å²) in [5.74, 6) is 0.0175. The van der Waals surface area contributed by atoms with Crippen LogP contribution in [0.5, 0.6) is 0 Å². The fourth-order valence-corrected chi connectivity index (χ4v) is 2.36. The van der Waals surface area contributed by atoms with Gasteiger partial charge in [0.05, 0.1) is 28.6 Å². The van der Waals surface area contributed by atoms with Gasteiger partial charge in [0.25, 0.3) is 0 Å². The van der Waals surface area contributed by atoms with Gasteiger partial charge < -0.3 is 4.90 Å². The highest BCUT2D eigenvalue weighted by Crippen LogP contribution is 2.17. The van der Waals surface area contributed by atoms with E-state index < -0.39 is 0 Å². The molecule has 7 heteroatoms. The predicted molar refractivity (Wildman–Crippen MR) is 79.0 cm³/mol. The summed E-state index contributed by atoms with van der Waals surface area (Å²) in [7, 11) is 1.79. The SMILES string of the molecule is CCn1ncc(Br)c1CN(C)C(=O)Cn1ccc(C)n1. The molecule has 6 nitrogen and oxygen atoms in total. The number of hydrogen-bond acceptors (Lipinski definition) is 3. The summed E-state index contributed by atoms with van der Waals surface area (Å²) >= 11 is 3.47. The standard InChI is InChI=1S/C13H18BrN5O/c1-4-19-12(11(14)7-15-19)8-17(3)13(20)9-18-6-5-10(2)16-18/h5-7H,4,8-9H2,1-3H3. The molecule has 0 fully saturated rings. The number of hydrogen-bond donors (Lipinski definition) is 0. The topological polar surface area (TPSA) is 56.0 Å². The van der Waals surface area contributed by atoms with Crippen molar-refractivity contribution in [3.05, 3.63) is 34.3 Å². The van der Waals surface area contributed by atoms with E-state index in [0.717, 1.165) is 22.4 Å². The number of aromatic nitrogens is 4. The van der Waals surface area contributed by atoms with E-state index in [1.54, 1.807) is 22.8 Å². The van der Waals surface area contributed by atoms with Crippen LogP contribution in [0.2, 0.25) is 0 Å². The molecule has 2 rings (SSSR count).